The van der Waals surface area contributed by atoms with Crippen LogP contribution in [0.4, 0.5) is 5.82 Å². The van der Waals surface area contributed by atoms with Crippen molar-refractivity contribution < 1.29 is 23.6 Å². The summed E-state index contributed by atoms with van der Waals surface area (Å²) in [5, 5.41) is 6.95. The predicted octanol–water partition coefficient (Wildman–Crippen LogP) is 1.64. The molecule has 0 radical (unpaired) electrons. The quantitative estimate of drug-likeness (QED) is 0.729. The number of ether oxygens (including phenoxy) is 2. The molecule has 2 fully saturated rings. The van der Waals surface area contributed by atoms with Gasteiger partial charge in [0.2, 0.25) is 11.8 Å². The summed E-state index contributed by atoms with van der Waals surface area (Å²) in [6.45, 7) is 2.60. The van der Waals surface area contributed by atoms with E-state index in [1.54, 1.807) is 25.0 Å². The largest absolute Gasteiger partial charge is 0.497 e. The Morgan fingerprint density at radius 2 is 2.17 bits per heavy atom. The van der Waals surface area contributed by atoms with Gasteiger partial charge in [0, 0.05) is 12.6 Å². The standard InChI is InChI=1S/C22H23N3O5/c1-13-11-17(24-30-13)25-12-22-9-7-16(29-22)18(19(22)21(25)27)20(26)23-10-8-14-3-5-15(28-2)6-4-14/h3-7,9,11,16,18-19H,8,10,12H2,1-2H3,(H,23,26)/t16-,18?,19?,22+/m0/s1. The molecule has 2 amide bonds. The molecular weight excluding hydrogens is 386 g/mol. The average Bonchev–Trinajstić information content (AvgIpc) is 3.49. The van der Waals surface area contributed by atoms with Gasteiger partial charge in [-0.15, -0.1) is 0 Å². The molecule has 2 bridgehead atoms. The molecule has 2 unspecified atom stereocenters. The van der Waals surface area contributed by atoms with E-state index < -0.39 is 17.4 Å². The topological polar surface area (TPSA) is 93.9 Å². The molecular formula is C22H23N3O5. The number of aryl methyl sites for hydroxylation is 1. The number of carbonyl (C=O) groups is 2. The highest BCUT2D eigenvalue weighted by atomic mass is 16.5. The van der Waals surface area contributed by atoms with E-state index >= 15 is 0 Å². The van der Waals surface area contributed by atoms with Gasteiger partial charge in [-0.3, -0.25) is 14.5 Å². The van der Waals surface area contributed by atoms with Crippen molar-refractivity contribution in [3.05, 3.63) is 53.8 Å². The molecule has 0 saturated carbocycles. The molecule has 2 saturated heterocycles. The van der Waals surface area contributed by atoms with Crippen molar-refractivity contribution >= 4 is 17.6 Å². The Hall–Kier alpha value is -3.13. The Morgan fingerprint density at radius 3 is 2.87 bits per heavy atom. The first-order valence-corrected chi connectivity index (χ1v) is 10.0. The van der Waals surface area contributed by atoms with Crippen LogP contribution >= 0.6 is 0 Å². The first-order valence-electron chi connectivity index (χ1n) is 10.0. The van der Waals surface area contributed by atoms with Gasteiger partial charge in [-0.05, 0) is 31.0 Å². The normalized spacial score (nSPS) is 28.8. The molecule has 3 aliphatic rings. The van der Waals surface area contributed by atoms with Gasteiger partial charge >= 0.3 is 0 Å². The van der Waals surface area contributed by atoms with Gasteiger partial charge in [0.1, 0.15) is 17.1 Å². The molecule has 30 heavy (non-hydrogen) atoms. The number of hydrogen-bond acceptors (Lipinski definition) is 6. The van der Waals surface area contributed by atoms with E-state index in [0.717, 1.165) is 11.3 Å². The van der Waals surface area contributed by atoms with Gasteiger partial charge in [0.05, 0.1) is 31.6 Å². The second kappa shape index (κ2) is 6.98. The second-order valence-electron chi connectivity index (χ2n) is 8.01. The fourth-order valence-electron chi connectivity index (χ4n) is 4.71. The summed E-state index contributed by atoms with van der Waals surface area (Å²) in [6, 6.07) is 9.46. The predicted molar refractivity (Wildman–Crippen MR) is 107 cm³/mol. The number of benzene rings is 1. The molecule has 1 aromatic carbocycles. The van der Waals surface area contributed by atoms with Crippen molar-refractivity contribution in [2.24, 2.45) is 11.8 Å². The highest BCUT2D eigenvalue weighted by molar-refractivity contribution is 6.02. The maximum atomic E-state index is 13.2. The minimum absolute atomic E-state index is 0.148. The lowest BCUT2D eigenvalue weighted by Crippen LogP contribution is -2.44. The Kier molecular flexibility index (Phi) is 4.39. The first-order chi connectivity index (χ1) is 14.5. The van der Waals surface area contributed by atoms with Crippen molar-refractivity contribution in [1.29, 1.82) is 0 Å². The van der Waals surface area contributed by atoms with E-state index in [1.807, 2.05) is 36.4 Å². The van der Waals surface area contributed by atoms with Crippen molar-refractivity contribution in [3.63, 3.8) is 0 Å². The number of aromatic nitrogens is 1. The van der Waals surface area contributed by atoms with Crippen molar-refractivity contribution in [3.8, 4) is 5.75 Å². The summed E-state index contributed by atoms with van der Waals surface area (Å²) in [5.74, 6) is 0.482. The molecule has 3 aliphatic heterocycles. The van der Waals surface area contributed by atoms with Crippen LogP contribution in [0.2, 0.25) is 0 Å². The Balaban J connectivity index is 1.27. The molecule has 4 heterocycles. The zero-order valence-electron chi connectivity index (χ0n) is 16.8. The fraction of sp³-hybridized carbons (Fsp3) is 0.409. The number of rotatable bonds is 6. The molecule has 0 aliphatic carbocycles. The highest BCUT2D eigenvalue weighted by Crippen LogP contribution is 2.52. The van der Waals surface area contributed by atoms with Crippen LogP contribution in [0, 0.1) is 18.8 Å². The number of nitrogens with zero attached hydrogens (tertiary/aromatic N) is 2. The van der Waals surface area contributed by atoms with Crippen LogP contribution in [-0.2, 0) is 20.7 Å². The summed E-state index contributed by atoms with van der Waals surface area (Å²) >= 11 is 0. The maximum absolute atomic E-state index is 13.2. The number of amides is 2. The lowest BCUT2D eigenvalue weighted by molar-refractivity contribution is -0.131. The van der Waals surface area contributed by atoms with Crippen LogP contribution in [-0.4, -0.2) is 48.9 Å². The van der Waals surface area contributed by atoms with Gasteiger partial charge in [-0.1, -0.05) is 29.4 Å². The van der Waals surface area contributed by atoms with Crippen LogP contribution in [0.5, 0.6) is 5.75 Å². The molecule has 1 N–H and O–H groups in total. The first kappa shape index (κ1) is 18.9. The Bertz CT molecular complexity index is 1010. The Labute approximate surface area is 173 Å². The number of methoxy groups -OCH3 is 1. The summed E-state index contributed by atoms with van der Waals surface area (Å²) < 4.78 is 16.4. The third kappa shape index (κ3) is 2.90. The van der Waals surface area contributed by atoms with Crippen LogP contribution in [0.3, 0.4) is 0 Å². The van der Waals surface area contributed by atoms with E-state index in [0.29, 0.717) is 31.1 Å². The zero-order valence-corrected chi connectivity index (χ0v) is 16.8. The number of anilines is 1. The fourth-order valence-corrected chi connectivity index (χ4v) is 4.71. The van der Waals surface area contributed by atoms with Gasteiger partial charge in [0.25, 0.3) is 0 Å². The minimum Gasteiger partial charge on any atom is -0.497 e. The number of hydrogen-bond donors (Lipinski definition) is 1. The van der Waals surface area contributed by atoms with Crippen molar-refractivity contribution in [2.45, 2.75) is 25.0 Å². The Morgan fingerprint density at radius 1 is 1.37 bits per heavy atom. The van der Waals surface area contributed by atoms with Crippen LogP contribution < -0.4 is 15.0 Å². The zero-order chi connectivity index (χ0) is 20.9. The molecule has 4 atom stereocenters. The minimum atomic E-state index is -0.771. The number of fused-ring (bicyclic) bond motifs is 1. The third-order valence-corrected chi connectivity index (χ3v) is 6.17. The SMILES string of the molecule is COc1ccc(CCNC(=O)C2C3C(=O)N(c4cc(C)on4)C[C@]34C=C[C@@H]2O4)cc1. The lowest BCUT2D eigenvalue weighted by Gasteiger charge is -2.23. The lowest BCUT2D eigenvalue weighted by atomic mass is 9.77. The summed E-state index contributed by atoms with van der Waals surface area (Å²) in [5.41, 5.74) is 0.327. The van der Waals surface area contributed by atoms with Crippen molar-refractivity contribution in [1.82, 2.24) is 10.5 Å². The van der Waals surface area contributed by atoms with Gasteiger partial charge in [-0.2, -0.15) is 0 Å². The number of carbonyl (C=O) groups excluding carboxylic acids is 2. The summed E-state index contributed by atoms with van der Waals surface area (Å²) in [4.78, 5) is 27.8. The second-order valence-corrected chi connectivity index (χ2v) is 8.01. The van der Waals surface area contributed by atoms with Crippen LogP contribution in [0.25, 0.3) is 0 Å². The molecule has 156 valence electrons. The van der Waals surface area contributed by atoms with E-state index in [-0.39, 0.29) is 17.9 Å². The van der Waals surface area contributed by atoms with Crippen LogP contribution in [0.1, 0.15) is 11.3 Å². The van der Waals surface area contributed by atoms with E-state index in [4.69, 9.17) is 14.0 Å². The van der Waals surface area contributed by atoms with E-state index in [1.165, 1.54) is 0 Å². The van der Waals surface area contributed by atoms with E-state index in [2.05, 4.69) is 10.5 Å². The highest BCUT2D eigenvalue weighted by Gasteiger charge is 2.67. The molecule has 1 aromatic heterocycles. The molecule has 2 aromatic rings. The molecule has 8 heteroatoms. The number of nitrogens with one attached hydrogen (secondary N) is 1. The average molecular weight is 409 g/mol. The van der Waals surface area contributed by atoms with Crippen LogP contribution in [0.15, 0.2) is 47.0 Å². The van der Waals surface area contributed by atoms with Crippen molar-refractivity contribution in [2.75, 3.05) is 25.1 Å². The molecule has 8 nitrogen and oxygen atoms in total. The van der Waals surface area contributed by atoms with Gasteiger partial charge in [0.15, 0.2) is 5.82 Å². The van der Waals surface area contributed by atoms with Gasteiger partial charge in [-0.25, -0.2) is 0 Å². The summed E-state index contributed by atoms with van der Waals surface area (Å²) in [7, 11) is 1.63. The van der Waals surface area contributed by atoms with Gasteiger partial charge < -0.3 is 19.3 Å². The summed E-state index contributed by atoms with van der Waals surface area (Å²) in [6.07, 6.45) is 4.14. The smallest absolute Gasteiger partial charge is 0.235 e. The third-order valence-electron chi connectivity index (χ3n) is 6.17. The van der Waals surface area contributed by atoms with E-state index in [9.17, 15) is 9.59 Å². The monoisotopic (exact) mass is 409 g/mol. The molecule has 1 spiro atoms. The maximum Gasteiger partial charge on any atom is 0.235 e. The molecule has 5 rings (SSSR count).